The van der Waals surface area contributed by atoms with Crippen LogP contribution >= 0.6 is 0 Å². The van der Waals surface area contributed by atoms with Crippen molar-refractivity contribution in [2.75, 3.05) is 0 Å². The van der Waals surface area contributed by atoms with Crippen LogP contribution in [0.5, 0.6) is 0 Å². The van der Waals surface area contributed by atoms with Gasteiger partial charge in [0.05, 0.1) is 0 Å². The van der Waals surface area contributed by atoms with Crippen LogP contribution in [0, 0.1) is 26.7 Å². The van der Waals surface area contributed by atoms with Crippen LogP contribution in [-0.4, -0.2) is 0 Å². The fourth-order valence-corrected chi connectivity index (χ4v) is 2.78. The van der Waals surface area contributed by atoms with Gasteiger partial charge in [-0.05, 0) is 61.4 Å². The Balaban J connectivity index is 2.58. The summed E-state index contributed by atoms with van der Waals surface area (Å²) < 4.78 is 2.21. The van der Waals surface area contributed by atoms with Crippen LogP contribution in [0.4, 0.5) is 0 Å². The fraction of sp³-hybridized carbons (Fsp3) is 0.421. The fourth-order valence-electron chi connectivity index (χ4n) is 2.78. The monoisotopic (exact) mass is 268 g/mol. The SMILES string of the molecule is Cc1cc[n+](C)c(-c2cc(CC(C)C)c(C)cc2C)c1. The molecule has 0 saturated carbocycles. The lowest BCUT2D eigenvalue weighted by Crippen LogP contribution is -2.30. The maximum Gasteiger partial charge on any atom is 0.212 e. The molecular weight excluding hydrogens is 242 g/mol. The minimum Gasteiger partial charge on any atom is -0.201 e. The van der Waals surface area contributed by atoms with Gasteiger partial charge in [0.1, 0.15) is 7.05 Å². The highest BCUT2D eigenvalue weighted by Gasteiger charge is 2.15. The number of aryl methyl sites for hydroxylation is 4. The van der Waals surface area contributed by atoms with Crippen LogP contribution in [-0.2, 0) is 13.5 Å². The van der Waals surface area contributed by atoms with Crippen LogP contribution in [0.2, 0.25) is 0 Å². The lowest BCUT2D eigenvalue weighted by atomic mass is 9.92. The van der Waals surface area contributed by atoms with Crippen molar-refractivity contribution >= 4 is 0 Å². The molecule has 0 saturated heterocycles. The van der Waals surface area contributed by atoms with Gasteiger partial charge in [0.2, 0.25) is 5.69 Å². The van der Waals surface area contributed by atoms with E-state index >= 15 is 0 Å². The molecule has 0 aliphatic carbocycles. The Kier molecular flexibility index (Phi) is 4.27. The Hall–Kier alpha value is -1.63. The molecule has 0 bridgehead atoms. The van der Waals surface area contributed by atoms with Gasteiger partial charge < -0.3 is 0 Å². The first-order chi connectivity index (χ1) is 9.38. The summed E-state index contributed by atoms with van der Waals surface area (Å²) in [4.78, 5) is 0. The van der Waals surface area contributed by atoms with E-state index in [0.717, 1.165) is 6.42 Å². The smallest absolute Gasteiger partial charge is 0.201 e. The van der Waals surface area contributed by atoms with Gasteiger partial charge in [-0.3, -0.25) is 0 Å². The maximum absolute atomic E-state index is 2.39. The van der Waals surface area contributed by atoms with Crippen molar-refractivity contribution in [1.29, 1.82) is 0 Å². The van der Waals surface area contributed by atoms with Crippen molar-refractivity contribution in [3.63, 3.8) is 0 Å². The first-order valence-electron chi connectivity index (χ1n) is 7.45. The van der Waals surface area contributed by atoms with Crippen molar-refractivity contribution in [3.05, 3.63) is 52.7 Å². The van der Waals surface area contributed by atoms with Gasteiger partial charge >= 0.3 is 0 Å². The van der Waals surface area contributed by atoms with E-state index < -0.39 is 0 Å². The Morgan fingerprint density at radius 2 is 1.70 bits per heavy atom. The number of pyridine rings is 1. The molecule has 0 radical (unpaired) electrons. The lowest BCUT2D eigenvalue weighted by molar-refractivity contribution is -0.660. The quantitative estimate of drug-likeness (QED) is 0.731. The number of aromatic nitrogens is 1. The van der Waals surface area contributed by atoms with Crippen molar-refractivity contribution in [2.45, 2.75) is 41.0 Å². The summed E-state index contributed by atoms with van der Waals surface area (Å²) in [6.07, 6.45) is 3.29. The molecule has 106 valence electrons. The molecule has 1 aromatic carbocycles. The molecule has 0 aliphatic rings. The number of nitrogens with zero attached hydrogens (tertiary/aromatic N) is 1. The van der Waals surface area contributed by atoms with Gasteiger partial charge in [-0.1, -0.05) is 19.9 Å². The van der Waals surface area contributed by atoms with Gasteiger partial charge in [0, 0.05) is 17.7 Å². The highest BCUT2D eigenvalue weighted by molar-refractivity contribution is 5.63. The molecule has 0 amide bonds. The lowest BCUT2D eigenvalue weighted by Gasteiger charge is -2.13. The van der Waals surface area contributed by atoms with E-state index in [1.54, 1.807) is 0 Å². The Morgan fingerprint density at radius 3 is 2.35 bits per heavy atom. The highest BCUT2D eigenvalue weighted by atomic mass is 14.9. The Labute approximate surface area is 123 Å². The third kappa shape index (κ3) is 3.09. The van der Waals surface area contributed by atoms with Crippen molar-refractivity contribution in [1.82, 2.24) is 0 Å². The van der Waals surface area contributed by atoms with Gasteiger partial charge in [-0.15, -0.1) is 0 Å². The molecule has 1 heteroatoms. The normalized spacial score (nSPS) is 11.2. The van der Waals surface area contributed by atoms with Gasteiger partial charge in [0.15, 0.2) is 6.20 Å². The molecule has 1 heterocycles. The number of benzene rings is 1. The molecular formula is C19H26N+. The van der Waals surface area contributed by atoms with Gasteiger partial charge in [0.25, 0.3) is 0 Å². The second-order valence-electron chi connectivity index (χ2n) is 6.39. The molecule has 20 heavy (non-hydrogen) atoms. The van der Waals surface area contributed by atoms with Crippen LogP contribution in [0.1, 0.15) is 36.1 Å². The Bertz CT molecular complexity index is 624. The zero-order valence-electron chi connectivity index (χ0n) is 13.6. The van der Waals surface area contributed by atoms with Crippen LogP contribution in [0.25, 0.3) is 11.3 Å². The summed E-state index contributed by atoms with van der Waals surface area (Å²) in [6.45, 7) is 11.2. The van der Waals surface area contributed by atoms with Crippen molar-refractivity contribution < 1.29 is 4.57 Å². The molecule has 0 fully saturated rings. The molecule has 0 unspecified atom stereocenters. The average Bonchev–Trinajstić information content (AvgIpc) is 2.35. The predicted molar refractivity (Wildman–Crippen MR) is 85.8 cm³/mol. The van der Waals surface area contributed by atoms with E-state index in [9.17, 15) is 0 Å². The van der Waals surface area contributed by atoms with Gasteiger partial charge in [-0.2, -0.15) is 0 Å². The first kappa shape index (κ1) is 14.8. The van der Waals surface area contributed by atoms with E-state index in [1.165, 1.54) is 33.5 Å². The maximum atomic E-state index is 2.39. The third-order valence-corrected chi connectivity index (χ3v) is 3.89. The largest absolute Gasteiger partial charge is 0.212 e. The summed E-state index contributed by atoms with van der Waals surface area (Å²) in [5.74, 6) is 0.690. The van der Waals surface area contributed by atoms with E-state index in [4.69, 9.17) is 0 Å². The molecule has 2 aromatic rings. The van der Waals surface area contributed by atoms with Gasteiger partial charge in [-0.25, -0.2) is 4.57 Å². The van der Waals surface area contributed by atoms with Crippen molar-refractivity contribution in [3.8, 4) is 11.3 Å². The number of hydrogen-bond donors (Lipinski definition) is 0. The van der Waals surface area contributed by atoms with Crippen LogP contribution in [0.15, 0.2) is 30.5 Å². The molecule has 0 spiro atoms. The minimum absolute atomic E-state index is 0.690. The zero-order chi connectivity index (χ0) is 14.9. The summed E-state index contributed by atoms with van der Waals surface area (Å²) in [5, 5.41) is 0. The van der Waals surface area contributed by atoms with Crippen LogP contribution in [0.3, 0.4) is 0 Å². The average molecular weight is 268 g/mol. The number of rotatable bonds is 3. The number of hydrogen-bond acceptors (Lipinski definition) is 0. The van der Waals surface area contributed by atoms with E-state index in [2.05, 4.69) is 76.7 Å². The molecule has 1 aromatic heterocycles. The van der Waals surface area contributed by atoms with E-state index in [1.807, 2.05) is 0 Å². The molecule has 0 N–H and O–H groups in total. The van der Waals surface area contributed by atoms with Crippen LogP contribution < -0.4 is 4.57 Å². The minimum atomic E-state index is 0.690. The van der Waals surface area contributed by atoms with Crippen molar-refractivity contribution in [2.24, 2.45) is 13.0 Å². The predicted octanol–water partition coefficient (Wildman–Crippen LogP) is 4.30. The molecule has 0 aliphatic heterocycles. The molecule has 0 atom stereocenters. The summed E-state index contributed by atoms with van der Waals surface area (Å²) in [5.41, 5.74) is 8.21. The third-order valence-electron chi connectivity index (χ3n) is 3.89. The summed E-state index contributed by atoms with van der Waals surface area (Å²) >= 11 is 0. The zero-order valence-corrected chi connectivity index (χ0v) is 13.6. The first-order valence-corrected chi connectivity index (χ1v) is 7.45. The standard InChI is InChI=1S/C19H26N/c1-13(2)9-17-12-18(16(5)11-15(17)4)19-10-14(3)7-8-20(19)6/h7-8,10-13H,9H2,1-6H3/q+1. The van der Waals surface area contributed by atoms with E-state index in [0.29, 0.717) is 5.92 Å². The molecule has 1 nitrogen and oxygen atoms in total. The second-order valence-corrected chi connectivity index (χ2v) is 6.39. The Morgan fingerprint density at radius 1 is 1.00 bits per heavy atom. The van der Waals surface area contributed by atoms with E-state index in [-0.39, 0.29) is 0 Å². The highest BCUT2D eigenvalue weighted by Crippen LogP contribution is 2.26. The summed E-state index contributed by atoms with van der Waals surface area (Å²) in [6, 6.07) is 9.15. The topological polar surface area (TPSA) is 3.88 Å². The summed E-state index contributed by atoms with van der Waals surface area (Å²) in [7, 11) is 2.12. The second kappa shape index (κ2) is 5.78. The molecule has 2 rings (SSSR count).